The number of hydrogen-bond donors (Lipinski definition) is 1. The standard InChI is InChI=1S/C15H12F5N/c1-21-14(5-8-2-3-10(17)11(18)4-8)15-12(19)6-9(16)7-13(15)20/h2-4,6-7,14,21H,5H2,1H3. The number of rotatable bonds is 4. The van der Waals surface area contributed by atoms with Crippen LogP contribution in [0.4, 0.5) is 22.0 Å². The van der Waals surface area contributed by atoms with E-state index < -0.39 is 35.1 Å². The van der Waals surface area contributed by atoms with Crippen molar-refractivity contribution < 1.29 is 22.0 Å². The average molecular weight is 301 g/mol. The molecule has 21 heavy (non-hydrogen) atoms. The Morgan fingerprint density at radius 1 is 0.857 bits per heavy atom. The molecule has 2 aromatic carbocycles. The summed E-state index contributed by atoms with van der Waals surface area (Å²) in [6.07, 6.45) is 0.0210. The summed E-state index contributed by atoms with van der Waals surface area (Å²) in [5.74, 6) is -5.12. The molecule has 2 rings (SSSR count). The molecular formula is C15H12F5N. The van der Waals surface area contributed by atoms with Crippen molar-refractivity contribution in [3.8, 4) is 0 Å². The molecule has 6 heteroatoms. The molecule has 112 valence electrons. The number of halogens is 5. The van der Waals surface area contributed by atoms with E-state index in [-0.39, 0.29) is 12.0 Å². The molecule has 1 atom stereocenters. The lowest BCUT2D eigenvalue weighted by molar-refractivity contribution is 0.472. The Bertz CT molecular complexity index is 634. The van der Waals surface area contributed by atoms with E-state index in [2.05, 4.69) is 5.32 Å². The summed E-state index contributed by atoms with van der Waals surface area (Å²) in [4.78, 5) is 0. The fourth-order valence-corrected chi connectivity index (χ4v) is 2.14. The van der Waals surface area contributed by atoms with Crippen LogP contribution in [0.2, 0.25) is 0 Å². The zero-order valence-electron chi connectivity index (χ0n) is 11.1. The molecule has 0 heterocycles. The van der Waals surface area contributed by atoms with Gasteiger partial charge in [0.25, 0.3) is 0 Å². The summed E-state index contributed by atoms with van der Waals surface area (Å²) in [5.41, 5.74) is 0.0139. The highest BCUT2D eigenvalue weighted by Gasteiger charge is 2.21. The Balaban J connectivity index is 2.34. The van der Waals surface area contributed by atoms with Crippen LogP contribution in [0.15, 0.2) is 30.3 Å². The quantitative estimate of drug-likeness (QED) is 0.845. The van der Waals surface area contributed by atoms with Crippen molar-refractivity contribution in [3.05, 3.63) is 70.5 Å². The van der Waals surface area contributed by atoms with Crippen LogP contribution in [0.25, 0.3) is 0 Å². The predicted molar refractivity (Wildman–Crippen MR) is 68.2 cm³/mol. The minimum Gasteiger partial charge on any atom is -0.313 e. The first-order chi connectivity index (χ1) is 9.92. The van der Waals surface area contributed by atoms with Gasteiger partial charge in [-0.2, -0.15) is 0 Å². The van der Waals surface area contributed by atoms with Gasteiger partial charge in [-0.3, -0.25) is 0 Å². The second-order valence-corrected chi connectivity index (χ2v) is 4.58. The molecular weight excluding hydrogens is 289 g/mol. The van der Waals surface area contributed by atoms with E-state index in [4.69, 9.17) is 0 Å². The van der Waals surface area contributed by atoms with Crippen LogP contribution in [0.1, 0.15) is 17.2 Å². The van der Waals surface area contributed by atoms with E-state index >= 15 is 0 Å². The second-order valence-electron chi connectivity index (χ2n) is 4.58. The SMILES string of the molecule is CNC(Cc1ccc(F)c(F)c1)c1c(F)cc(F)cc1F. The van der Waals surface area contributed by atoms with E-state index in [0.717, 1.165) is 12.1 Å². The van der Waals surface area contributed by atoms with Gasteiger partial charge in [-0.15, -0.1) is 0 Å². The van der Waals surface area contributed by atoms with Crippen molar-refractivity contribution in [1.29, 1.82) is 0 Å². The van der Waals surface area contributed by atoms with Crippen LogP contribution in [0.3, 0.4) is 0 Å². The number of nitrogens with one attached hydrogen (secondary N) is 1. The van der Waals surface area contributed by atoms with E-state index in [0.29, 0.717) is 17.7 Å². The Kier molecular flexibility index (Phi) is 4.57. The Morgan fingerprint density at radius 3 is 2.00 bits per heavy atom. The molecule has 0 bridgehead atoms. The molecule has 0 aliphatic heterocycles. The van der Waals surface area contributed by atoms with Crippen LogP contribution in [0, 0.1) is 29.1 Å². The summed E-state index contributed by atoms with van der Waals surface area (Å²) in [7, 11) is 1.47. The molecule has 0 fully saturated rings. The first-order valence-electron chi connectivity index (χ1n) is 6.18. The normalized spacial score (nSPS) is 12.5. The van der Waals surface area contributed by atoms with Crippen LogP contribution in [-0.4, -0.2) is 7.05 Å². The third-order valence-electron chi connectivity index (χ3n) is 3.16. The Labute approximate surface area is 118 Å². The lowest BCUT2D eigenvalue weighted by atomic mass is 9.97. The minimum atomic E-state index is -1.04. The highest BCUT2D eigenvalue weighted by atomic mass is 19.2. The van der Waals surface area contributed by atoms with Gasteiger partial charge in [-0.25, -0.2) is 22.0 Å². The number of benzene rings is 2. The summed E-state index contributed by atoms with van der Waals surface area (Å²) in [6.45, 7) is 0. The van der Waals surface area contributed by atoms with Gasteiger partial charge in [-0.1, -0.05) is 6.07 Å². The molecule has 0 amide bonds. The monoisotopic (exact) mass is 301 g/mol. The predicted octanol–water partition coefficient (Wildman–Crippen LogP) is 3.89. The van der Waals surface area contributed by atoms with Gasteiger partial charge >= 0.3 is 0 Å². The van der Waals surface area contributed by atoms with Crippen LogP contribution < -0.4 is 5.32 Å². The highest BCUT2D eigenvalue weighted by Crippen LogP contribution is 2.25. The summed E-state index contributed by atoms with van der Waals surface area (Å²) in [6, 6.07) is 3.54. The third kappa shape index (κ3) is 3.39. The fourth-order valence-electron chi connectivity index (χ4n) is 2.14. The van der Waals surface area contributed by atoms with Crippen molar-refractivity contribution in [3.63, 3.8) is 0 Å². The van der Waals surface area contributed by atoms with Crippen LogP contribution in [-0.2, 0) is 6.42 Å². The van der Waals surface area contributed by atoms with E-state index in [1.165, 1.54) is 13.1 Å². The number of hydrogen-bond acceptors (Lipinski definition) is 1. The van der Waals surface area contributed by atoms with Gasteiger partial charge in [0, 0.05) is 23.7 Å². The van der Waals surface area contributed by atoms with Gasteiger partial charge in [0.1, 0.15) is 17.5 Å². The minimum absolute atomic E-state index is 0.0210. The van der Waals surface area contributed by atoms with Gasteiger partial charge in [0.15, 0.2) is 11.6 Å². The zero-order chi connectivity index (χ0) is 15.6. The zero-order valence-corrected chi connectivity index (χ0v) is 11.1. The summed E-state index contributed by atoms with van der Waals surface area (Å²) in [5, 5.41) is 2.68. The van der Waals surface area contributed by atoms with Crippen molar-refractivity contribution in [2.45, 2.75) is 12.5 Å². The Hall–Kier alpha value is -1.95. The fraction of sp³-hybridized carbons (Fsp3) is 0.200. The molecule has 1 N–H and O–H groups in total. The van der Waals surface area contributed by atoms with Gasteiger partial charge in [-0.05, 0) is 31.2 Å². The molecule has 0 aromatic heterocycles. The Morgan fingerprint density at radius 2 is 1.48 bits per heavy atom. The second kappa shape index (κ2) is 6.22. The maximum absolute atomic E-state index is 13.7. The van der Waals surface area contributed by atoms with E-state index in [1.54, 1.807) is 0 Å². The van der Waals surface area contributed by atoms with E-state index in [1.807, 2.05) is 0 Å². The van der Waals surface area contributed by atoms with Crippen molar-refractivity contribution in [2.24, 2.45) is 0 Å². The molecule has 0 aliphatic rings. The first kappa shape index (κ1) is 15.4. The van der Waals surface area contributed by atoms with Crippen LogP contribution >= 0.6 is 0 Å². The van der Waals surface area contributed by atoms with E-state index in [9.17, 15) is 22.0 Å². The highest BCUT2D eigenvalue weighted by molar-refractivity contribution is 5.27. The molecule has 2 aromatic rings. The van der Waals surface area contributed by atoms with Crippen LogP contribution in [0.5, 0.6) is 0 Å². The molecule has 0 aliphatic carbocycles. The lowest BCUT2D eigenvalue weighted by Crippen LogP contribution is -2.22. The topological polar surface area (TPSA) is 12.0 Å². The molecule has 0 saturated carbocycles. The average Bonchev–Trinajstić information content (AvgIpc) is 2.40. The van der Waals surface area contributed by atoms with Gasteiger partial charge in [0.05, 0.1) is 0 Å². The van der Waals surface area contributed by atoms with Crippen molar-refractivity contribution >= 4 is 0 Å². The largest absolute Gasteiger partial charge is 0.313 e. The molecule has 1 nitrogen and oxygen atoms in total. The lowest BCUT2D eigenvalue weighted by Gasteiger charge is -2.18. The number of likely N-dealkylation sites (N-methyl/N-ethyl adjacent to an activating group) is 1. The van der Waals surface area contributed by atoms with Crippen molar-refractivity contribution in [1.82, 2.24) is 5.32 Å². The first-order valence-corrected chi connectivity index (χ1v) is 6.18. The molecule has 0 saturated heterocycles. The summed E-state index contributed by atoms with van der Waals surface area (Å²) >= 11 is 0. The van der Waals surface area contributed by atoms with Gasteiger partial charge < -0.3 is 5.32 Å². The van der Waals surface area contributed by atoms with Gasteiger partial charge in [0.2, 0.25) is 0 Å². The molecule has 0 radical (unpaired) electrons. The smallest absolute Gasteiger partial charge is 0.159 e. The van der Waals surface area contributed by atoms with Crippen molar-refractivity contribution in [2.75, 3.05) is 7.05 Å². The third-order valence-corrected chi connectivity index (χ3v) is 3.16. The molecule has 0 spiro atoms. The maximum Gasteiger partial charge on any atom is 0.159 e. The molecule has 1 unspecified atom stereocenters. The summed E-state index contributed by atoms with van der Waals surface area (Å²) < 4.78 is 66.4. The maximum atomic E-state index is 13.7.